The van der Waals surface area contributed by atoms with Gasteiger partial charge >= 0.3 is 17.6 Å². The molecule has 0 unspecified atom stereocenters. The zero-order chi connectivity index (χ0) is 10.7. The zero-order valence-corrected chi connectivity index (χ0v) is 8.19. The van der Waals surface area contributed by atoms with Crippen LogP contribution in [0.1, 0.15) is 5.56 Å². The number of nitrogens with zero attached hydrogens (tertiary/aromatic N) is 1. The van der Waals surface area contributed by atoms with Crippen molar-refractivity contribution in [1.29, 1.82) is 0 Å². The van der Waals surface area contributed by atoms with Crippen molar-refractivity contribution in [2.24, 2.45) is 4.36 Å². The maximum absolute atomic E-state index is 10.4. The molecule has 5 nitrogen and oxygen atoms in total. The second-order valence-electron chi connectivity index (χ2n) is 2.69. The minimum atomic E-state index is -2.60. The smallest absolute Gasteiger partial charge is 0.423 e. The van der Waals surface area contributed by atoms with Crippen molar-refractivity contribution in [3.8, 4) is 0 Å². The van der Waals surface area contributed by atoms with E-state index in [1.165, 1.54) is 6.07 Å². The van der Waals surface area contributed by atoms with Gasteiger partial charge in [0.1, 0.15) is 0 Å². The van der Waals surface area contributed by atoms with E-state index in [2.05, 4.69) is 4.36 Å². The fourth-order valence-corrected chi connectivity index (χ4v) is 1.49. The molecule has 74 valence electrons. The predicted molar refractivity (Wildman–Crippen MR) is 52.0 cm³/mol. The van der Waals surface area contributed by atoms with Crippen LogP contribution in [0.4, 0.5) is 5.69 Å². The van der Waals surface area contributed by atoms with Crippen LogP contribution in [0.5, 0.6) is 0 Å². The van der Waals surface area contributed by atoms with Crippen molar-refractivity contribution in [1.82, 2.24) is 0 Å². The molecule has 1 aromatic rings. The van der Waals surface area contributed by atoms with Crippen LogP contribution >= 0.6 is 0 Å². The predicted octanol–water partition coefficient (Wildman–Crippen LogP) is -0.631. The van der Waals surface area contributed by atoms with Crippen molar-refractivity contribution in [3.63, 3.8) is 0 Å². The van der Waals surface area contributed by atoms with E-state index in [1.807, 2.05) is 0 Å². The molecule has 2 N–H and O–H groups in total. The van der Waals surface area contributed by atoms with Crippen LogP contribution in [0.15, 0.2) is 22.6 Å². The summed E-state index contributed by atoms with van der Waals surface area (Å²) in [6.45, 7) is 1.64. The summed E-state index contributed by atoms with van der Waals surface area (Å²) in [5.41, 5.74) is 0.727. The van der Waals surface area contributed by atoms with Gasteiger partial charge < -0.3 is 10.0 Å². The first kappa shape index (κ1) is 10.9. The first-order valence-corrected chi connectivity index (χ1v) is 4.82. The fraction of sp³-hybridized carbons (Fsp3) is 0.143. The highest BCUT2D eigenvalue weighted by Gasteiger charge is 2.17. The van der Waals surface area contributed by atoms with Gasteiger partial charge in [-0.05, 0) is 12.5 Å². The summed E-state index contributed by atoms with van der Waals surface area (Å²) in [4.78, 5) is 0. The number of aryl methyl sites for hydroxylation is 1. The second-order valence-corrected chi connectivity index (χ2v) is 3.31. The van der Waals surface area contributed by atoms with E-state index >= 15 is 0 Å². The molecule has 0 aromatic heterocycles. The quantitative estimate of drug-likeness (QED) is 0.640. The summed E-state index contributed by atoms with van der Waals surface area (Å²) in [6.07, 6.45) is 0. The van der Waals surface area contributed by atoms with Crippen LogP contribution in [0, 0.1) is 6.92 Å². The van der Waals surface area contributed by atoms with E-state index in [4.69, 9.17) is 10.0 Å². The lowest BCUT2D eigenvalue weighted by Gasteiger charge is -2.04. The SMILES string of the molecule is Cc1cccc(B(O)O)c1N=S(=O)=O. The van der Waals surface area contributed by atoms with Gasteiger partial charge in [-0.25, -0.2) is 0 Å². The molecule has 0 aliphatic carbocycles. The summed E-state index contributed by atoms with van der Waals surface area (Å²) in [7, 11) is -4.33. The number of hydrogen-bond donors (Lipinski definition) is 2. The zero-order valence-electron chi connectivity index (χ0n) is 7.38. The lowest BCUT2D eigenvalue weighted by atomic mass is 9.78. The third-order valence-corrected chi connectivity index (χ3v) is 2.04. The van der Waals surface area contributed by atoms with Crippen LogP contribution in [0.2, 0.25) is 0 Å². The van der Waals surface area contributed by atoms with Gasteiger partial charge in [0, 0.05) is 5.46 Å². The molecule has 0 atom stereocenters. The molecule has 0 heterocycles. The highest BCUT2D eigenvalue weighted by molar-refractivity contribution is 7.61. The molecular weight excluding hydrogens is 205 g/mol. The normalized spacial score (nSPS) is 9.64. The summed E-state index contributed by atoms with van der Waals surface area (Å²) in [5, 5.41) is 17.9. The fourth-order valence-electron chi connectivity index (χ4n) is 1.09. The van der Waals surface area contributed by atoms with Gasteiger partial charge in [0.15, 0.2) is 0 Å². The Morgan fingerprint density at radius 2 is 2.00 bits per heavy atom. The molecule has 0 bridgehead atoms. The van der Waals surface area contributed by atoms with Gasteiger partial charge in [-0.3, -0.25) is 0 Å². The molecule has 0 saturated heterocycles. The molecule has 14 heavy (non-hydrogen) atoms. The third kappa shape index (κ3) is 2.41. The molecular formula is C7H8BNO4S. The Kier molecular flexibility index (Phi) is 3.40. The van der Waals surface area contributed by atoms with E-state index in [0.717, 1.165) is 0 Å². The number of rotatable bonds is 2. The van der Waals surface area contributed by atoms with Gasteiger partial charge in [-0.15, -0.1) is 4.36 Å². The van der Waals surface area contributed by atoms with Gasteiger partial charge in [0.05, 0.1) is 5.69 Å². The summed E-state index contributed by atoms with van der Waals surface area (Å²) in [6, 6.07) is 4.64. The van der Waals surface area contributed by atoms with Crippen LogP contribution in [0.3, 0.4) is 0 Å². The molecule has 7 heteroatoms. The van der Waals surface area contributed by atoms with E-state index in [0.29, 0.717) is 5.56 Å². The van der Waals surface area contributed by atoms with Crippen molar-refractivity contribution < 1.29 is 18.5 Å². The molecule has 1 rings (SSSR count). The first-order valence-electron chi connectivity index (χ1n) is 3.79. The Morgan fingerprint density at radius 1 is 1.36 bits per heavy atom. The van der Waals surface area contributed by atoms with Crippen LogP contribution < -0.4 is 5.46 Å². The summed E-state index contributed by atoms with van der Waals surface area (Å²) in [5.74, 6) is 0. The topological polar surface area (TPSA) is 87.0 Å². The molecule has 0 fully saturated rings. The largest absolute Gasteiger partial charge is 0.490 e. The summed E-state index contributed by atoms with van der Waals surface area (Å²) < 4.78 is 24.0. The van der Waals surface area contributed by atoms with Gasteiger partial charge in [0.25, 0.3) is 0 Å². The molecule has 0 aliphatic rings. The van der Waals surface area contributed by atoms with Crippen LogP contribution in [-0.2, 0) is 10.5 Å². The van der Waals surface area contributed by atoms with Crippen LogP contribution in [-0.4, -0.2) is 25.6 Å². The molecule has 0 spiro atoms. The Morgan fingerprint density at radius 3 is 2.50 bits per heavy atom. The van der Waals surface area contributed by atoms with Gasteiger partial charge in [-0.1, -0.05) is 18.2 Å². The van der Waals surface area contributed by atoms with E-state index < -0.39 is 17.6 Å². The molecule has 0 aliphatic heterocycles. The van der Waals surface area contributed by atoms with E-state index in [1.54, 1.807) is 19.1 Å². The number of hydrogen-bond acceptors (Lipinski definition) is 5. The summed E-state index contributed by atoms with van der Waals surface area (Å²) >= 11 is 0. The van der Waals surface area contributed by atoms with E-state index in [-0.39, 0.29) is 11.2 Å². The minimum Gasteiger partial charge on any atom is -0.423 e. The van der Waals surface area contributed by atoms with Gasteiger partial charge in [-0.2, -0.15) is 8.42 Å². The average Bonchev–Trinajstić information content (AvgIpc) is 2.07. The maximum atomic E-state index is 10.4. The van der Waals surface area contributed by atoms with Crippen molar-refractivity contribution in [2.45, 2.75) is 6.92 Å². The lowest BCUT2D eigenvalue weighted by molar-refractivity contribution is 0.426. The Labute approximate surface area is 82.9 Å². The van der Waals surface area contributed by atoms with Crippen molar-refractivity contribution in [3.05, 3.63) is 23.8 Å². The molecule has 0 amide bonds. The highest BCUT2D eigenvalue weighted by Crippen LogP contribution is 2.15. The Balaban J connectivity index is 3.45. The number of benzene rings is 1. The molecule has 1 aromatic carbocycles. The molecule has 0 saturated carbocycles. The monoisotopic (exact) mass is 213 g/mol. The molecule has 0 radical (unpaired) electrons. The van der Waals surface area contributed by atoms with Crippen molar-refractivity contribution in [2.75, 3.05) is 0 Å². The average molecular weight is 213 g/mol. The van der Waals surface area contributed by atoms with Crippen LogP contribution in [0.25, 0.3) is 0 Å². The Bertz CT molecular complexity index is 461. The third-order valence-electron chi connectivity index (χ3n) is 1.71. The van der Waals surface area contributed by atoms with Crippen molar-refractivity contribution >= 4 is 28.8 Å². The van der Waals surface area contributed by atoms with E-state index in [9.17, 15) is 8.42 Å². The highest BCUT2D eigenvalue weighted by atomic mass is 32.2. The standard InChI is InChI=1S/C7H8BNO4S/c1-5-3-2-4-6(8(10)11)7(5)9-14(12)13/h2-4,10-11H,1H3. The lowest BCUT2D eigenvalue weighted by Crippen LogP contribution is -2.30. The maximum Gasteiger partial charge on any atom is 0.490 e. The van der Waals surface area contributed by atoms with Gasteiger partial charge in [0.2, 0.25) is 0 Å². The second kappa shape index (κ2) is 4.36. The first-order chi connectivity index (χ1) is 6.52. The minimum absolute atomic E-state index is 0.0780. The Hall–Kier alpha value is -1.18.